The zero-order valence-electron chi connectivity index (χ0n) is 9.17. The van der Waals surface area contributed by atoms with Gasteiger partial charge in [-0.2, -0.15) is 0 Å². The van der Waals surface area contributed by atoms with Crippen LogP contribution in [0.4, 0.5) is 5.69 Å². The first-order valence-electron chi connectivity index (χ1n) is 5.25. The maximum Gasteiger partial charge on any atom is 0.224 e. The van der Waals surface area contributed by atoms with Gasteiger partial charge in [0, 0.05) is 18.2 Å². The number of fused-ring (bicyclic) bond motifs is 1. The summed E-state index contributed by atoms with van der Waals surface area (Å²) in [4.78, 5) is 11.2. The molecule has 0 spiro atoms. The van der Waals surface area contributed by atoms with E-state index in [1.54, 1.807) is 6.92 Å². The number of ether oxygens (including phenoxy) is 1. The maximum absolute atomic E-state index is 11.2. The van der Waals surface area contributed by atoms with Crippen LogP contribution in [0.3, 0.4) is 0 Å². The highest BCUT2D eigenvalue weighted by molar-refractivity contribution is 5.94. The molecular formula is C13H13NO2. The second kappa shape index (κ2) is 4.71. The highest BCUT2D eigenvalue weighted by Crippen LogP contribution is 2.26. The third kappa shape index (κ3) is 2.34. The topological polar surface area (TPSA) is 38.3 Å². The van der Waals surface area contributed by atoms with Crippen LogP contribution in [0.25, 0.3) is 0 Å². The van der Waals surface area contributed by atoms with E-state index in [9.17, 15) is 4.79 Å². The Balaban J connectivity index is 2.13. The predicted molar refractivity (Wildman–Crippen MR) is 62.3 cm³/mol. The molecule has 1 heterocycles. The van der Waals surface area contributed by atoms with E-state index in [0.717, 1.165) is 23.4 Å². The second-order valence-electron chi connectivity index (χ2n) is 3.58. The predicted octanol–water partition coefficient (Wildman–Crippen LogP) is 1.97. The molecule has 1 aliphatic rings. The maximum atomic E-state index is 11.2. The number of nitrogens with one attached hydrogen (secondary N) is 1. The molecule has 3 heteroatoms. The van der Waals surface area contributed by atoms with Crippen molar-refractivity contribution in [2.45, 2.75) is 19.8 Å². The Morgan fingerprint density at radius 3 is 3.12 bits per heavy atom. The first-order valence-corrected chi connectivity index (χ1v) is 5.25. The molecule has 82 valence electrons. The van der Waals surface area contributed by atoms with Crippen LogP contribution >= 0.6 is 0 Å². The highest BCUT2D eigenvalue weighted by Gasteiger charge is 2.14. The molecule has 1 aromatic rings. The molecule has 0 aromatic heterocycles. The molecule has 0 unspecified atom stereocenters. The molecule has 3 nitrogen and oxygen atoms in total. The summed E-state index contributed by atoms with van der Waals surface area (Å²) in [6, 6.07) is 5.75. The highest BCUT2D eigenvalue weighted by atomic mass is 16.5. The van der Waals surface area contributed by atoms with Gasteiger partial charge in [0.25, 0.3) is 0 Å². The van der Waals surface area contributed by atoms with Gasteiger partial charge in [-0.25, -0.2) is 0 Å². The van der Waals surface area contributed by atoms with Crippen LogP contribution < -0.4 is 10.1 Å². The van der Waals surface area contributed by atoms with Crippen molar-refractivity contribution in [1.29, 1.82) is 0 Å². The molecule has 0 fully saturated rings. The van der Waals surface area contributed by atoms with E-state index in [1.807, 2.05) is 18.2 Å². The lowest BCUT2D eigenvalue weighted by Crippen LogP contribution is -2.18. The lowest BCUT2D eigenvalue weighted by molar-refractivity contribution is -0.116. The van der Waals surface area contributed by atoms with E-state index in [1.165, 1.54) is 0 Å². The number of hydrogen-bond acceptors (Lipinski definition) is 2. The number of carbonyl (C=O) groups is 1. The Morgan fingerprint density at radius 1 is 1.44 bits per heavy atom. The Labute approximate surface area is 94.8 Å². The molecule has 0 radical (unpaired) electrons. The van der Waals surface area contributed by atoms with E-state index in [4.69, 9.17) is 4.74 Å². The van der Waals surface area contributed by atoms with Gasteiger partial charge < -0.3 is 10.1 Å². The Hall–Kier alpha value is -1.95. The van der Waals surface area contributed by atoms with Crippen LogP contribution in [-0.4, -0.2) is 12.5 Å². The van der Waals surface area contributed by atoms with Crippen LogP contribution in [0, 0.1) is 11.8 Å². The standard InChI is InChI=1S/C13H13NO2/c1-2-3-8-16-11-6-4-10-5-7-13(15)14-12(10)9-11/h4,6,9H,5,7-8H2,1H3,(H,14,15). The summed E-state index contributed by atoms with van der Waals surface area (Å²) in [6.07, 6.45) is 1.37. The molecule has 0 saturated heterocycles. The Kier molecular flexibility index (Phi) is 3.11. The molecule has 0 atom stereocenters. The SMILES string of the molecule is CC#CCOc1ccc2c(c1)NC(=O)CC2. The molecule has 0 bridgehead atoms. The Morgan fingerprint density at radius 2 is 2.31 bits per heavy atom. The van der Waals surface area contributed by atoms with Crippen molar-refractivity contribution in [3.05, 3.63) is 23.8 Å². The number of aryl methyl sites for hydroxylation is 1. The van der Waals surface area contributed by atoms with Gasteiger partial charge in [0.15, 0.2) is 0 Å². The van der Waals surface area contributed by atoms with E-state index in [0.29, 0.717) is 13.0 Å². The van der Waals surface area contributed by atoms with E-state index < -0.39 is 0 Å². The van der Waals surface area contributed by atoms with Gasteiger partial charge in [-0.3, -0.25) is 4.79 Å². The summed E-state index contributed by atoms with van der Waals surface area (Å²) in [5, 5.41) is 2.84. The van der Waals surface area contributed by atoms with Crippen LogP contribution in [0.1, 0.15) is 18.9 Å². The number of anilines is 1. The van der Waals surface area contributed by atoms with Crippen molar-refractivity contribution < 1.29 is 9.53 Å². The number of benzene rings is 1. The largest absolute Gasteiger partial charge is 0.481 e. The average Bonchev–Trinajstić information content (AvgIpc) is 2.29. The van der Waals surface area contributed by atoms with Gasteiger partial charge in [0.2, 0.25) is 5.91 Å². The fraction of sp³-hybridized carbons (Fsp3) is 0.308. The monoisotopic (exact) mass is 215 g/mol. The zero-order valence-corrected chi connectivity index (χ0v) is 9.17. The van der Waals surface area contributed by atoms with Gasteiger partial charge in [-0.05, 0) is 25.0 Å². The fourth-order valence-electron chi connectivity index (χ4n) is 1.63. The summed E-state index contributed by atoms with van der Waals surface area (Å²) in [6.45, 7) is 2.15. The number of hydrogen-bond donors (Lipinski definition) is 1. The van der Waals surface area contributed by atoms with Crippen molar-refractivity contribution >= 4 is 11.6 Å². The third-order valence-corrected chi connectivity index (χ3v) is 2.46. The fourth-order valence-corrected chi connectivity index (χ4v) is 1.63. The van der Waals surface area contributed by atoms with Crippen molar-refractivity contribution in [1.82, 2.24) is 0 Å². The summed E-state index contributed by atoms with van der Waals surface area (Å²) in [5.74, 6) is 6.40. The average molecular weight is 215 g/mol. The van der Waals surface area contributed by atoms with Gasteiger partial charge in [-0.1, -0.05) is 12.0 Å². The van der Waals surface area contributed by atoms with Gasteiger partial charge in [0.1, 0.15) is 12.4 Å². The van der Waals surface area contributed by atoms with E-state index >= 15 is 0 Å². The molecule has 1 amide bonds. The normalized spacial score (nSPS) is 13.2. The summed E-state index contributed by atoms with van der Waals surface area (Å²) in [7, 11) is 0. The summed E-state index contributed by atoms with van der Waals surface area (Å²) < 4.78 is 5.42. The van der Waals surface area contributed by atoms with Crippen LogP contribution in [0.5, 0.6) is 5.75 Å². The van der Waals surface area contributed by atoms with Crippen molar-refractivity contribution in [3.63, 3.8) is 0 Å². The molecule has 2 rings (SSSR count). The Bertz CT molecular complexity index is 469. The minimum absolute atomic E-state index is 0.0676. The van der Waals surface area contributed by atoms with Crippen LogP contribution in [0.2, 0.25) is 0 Å². The van der Waals surface area contributed by atoms with Gasteiger partial charge in [0.05, 0.1) is 0 Å². The zero-order chi connectivity index (χ0) is 11.4. The lowest BCUT2D eigenvalue weighted by atomic mass is 10.0. The van der Waals surface area contributed by atoms with Crippen molar-refractivity contribution in [2.75, 3.05) is 11.9 Å². The molecule has 1 aromatic carbocycles. The third-order valence-electron chi connectivity index (χ3n) is 2.46. The molecule has 1 aliphatic heterocycles. The second-order valence-corrected chi connectivity index (χ2v) is 3.58. The minimum Gasteiger partial charge on any atom is -0.481 e. The van der Waals surface area contributed by atoms with Gasteiger partial charge >= 0.3 is 0 Å². The van der Waals surface area contributed by atoms with Gasteiger partial charge in [-0.15, -0.1) is 5.92 Å². The van der Waals surface area contributed by atoms with Crippen molar-refractivity contribution in [2.24, 2.45) is 0 Å². The van der Waals surface area contributed by atoms with E-state index in [2.05, 4.69) is 17.2 Å². The first kappa shape index (κ1) is 10.6. The smallest absolute Gasteiger partial charge is 0.224 e. The quantitative estimate of drug-likeness (QED) is 0.766. The molecule has 0 aliphatic carbocycles. The number of amides is 1. The van der Waals surface area contributed by atoms with E-state index in [-0.39, 0.29) is 5.91 Å². The molecule has 1 N–H and O–H groups in total. The number of rotatable bonds is 2. The molecule has 0 saturated carbocycles. The summed E-state index contributed by atoms with van der Waals surface area (Å²) in [5.41, 5.74) is 2.02. The van der Waals surface area contributed by atoms with Crippen LogP contribution in [-0.2, 0) is 11.2 Å². The summed E-state index contributed by atoms with van der Waals surface area (Å²) >= 11 is 0. The number of carbonyl (C=O) groups excluding carboxylic acids is 1. The van der Waals surface area contributed by atoms with Crippen LogP contribution in [0.15, 0.2) is 18.2 Å². The lowest BCUT2D eigenvalue weighted by Gasteiger charge is -2.17. The molecular weight excluding hydrogens is 202 g/mol. The molecule has 16 heavy (non-hydrogen) atoms. The first-order chi connectivity index (χ1) is 7.79. The van der Waals surface area contributed by atoms with Crippen molar-refractivity contribution in [3.8, 4) is 17.6 Å². The minimum atomic E-state index is 0.0676.